The van der Waals surface area contributed by atoms with Crippen LogP contribution in [-0.4, -0.2) is 30.3 Å². The molecule has 1 heterocycles. The van der Waals surface area contributed by atoms with Crippen LogP contribution >= 0.6 is 0 Å². The van der Waals surface area contributed by atoms with Gasteiger partial charge in [-0.2, -0.15) is 0 Å². The van der Waals surface area contributed by atoms with Crippen LogP contribution in [0.2, 0.25) is 0 Å². The molecule has 0 spiro atoms. The average molecular weight is 210 g/mol. The summed E-state index contributed by atoms with van der Waals surface area (Å²) in [5.74, 6) is 1.54. The van der Waals surface area contributed by atoms with Gasteiger partial charge in [0.1, 0.15) is 0 Å². The minimum atomic E-state index is -0.512. The number of nitrogens with one attached hydrogen (secondary N) is 1. The summed E-state index contributed by atoms with van der Waals surface area (Å²) in [7, 11) is 0. The van der Waals surface area contributed by atoms with E-state index in [2.05, 4.69) is 5.32 Å². The van der Waals surface area contributed by atoms with E-state index in [1.807, 2.05) is 0 Å². The van der Waals surface area contributed by atoms with Crippen LogP contribution in [-0.2, 0) is 0 Å². The fraction of sp³-hybridized carbons (Fsp3) is 1.00. The SMILES string of the molecule is NCC1(C2(O)CCNC2)CC2CCC1C2. The van der Waals surface area contributed by atoms with Gasteiger partial charge in [0.25, 0.3) is 0 Å². The predicted octanol–water partition coefficient (Wildman–Crippen LogP) is 0.476. The molecule has 1 aliphatic heterocycles. The molecule has 4 unspecified atom stereocenters. The van der Waals surface area contributed by atoms with Gasteiger partial charge in [-0.15, -0.1) is 0 Å². The van der Waals surface area contributed by atoms with Gasteiger partial charge in [0, 0.05) is 18.5 Å². The van der Waals surface area contributed by atoms with E-state index in [4.69, 9.17) is 5.73 Å². The first kappa shape index (κ1) is 10.1. The molecule has 3 rings (SSSR count). The highest BCUT2D eigenvalue weighted by atomic mass is 16.3. The van der Waals surface area contributed by atoms with E-state index in [9.17, 15) is 5.11 Å². The number of hydrogen-bond donors (Lipinski definition) is 3. The smallest absolute Gasteiger partial charge is 0.0854 e. The zero-order chi connectivity index (χ0) is 10.5. The maximum atomic E-state index is 10.8. The van der Waals surface area contributed by atoms with Crippen molar-refractivity contribution in [3.8, 4) is 0 Å². The number of nitrogens with two attached hydrogens (primary N) is 1. The number of hydrogen-bond acceptors (Lipinski definition) is 3. The second kappa shape index (κ2) is 3.19. The summed E-state index contributed by atoms with van der Waals surface area (Å²) < 4.78 is 0. The van der Waals surface area contributed by atoms with Crippen LogP contribution in [0.1, 0.15) is 32.1 Å². The van der Waals surface area contributed by atoms with E-state index < -0.39 is 5.60 Å². The molecule has 0 aromatic rings. The molecular formula is C12H22N2O. The van der Waals surface area contributed by atoms with Gasteiger partial charge in [-0.3, -0.25) is 0 Å². The Hall–Kier alpha value is -0.120. The van der Waals surface area contributed by atoms with E-state index in [1.165, 1.54) is 25.7 Å². The van der Waals surface area contributed by atoms with Crippen molar-refractivity contribution in [2.24, 2.45) is 23.0 Å². The summed E-state index contributed by atoms with van der Waals surface area (Å²) >= 11 is 0. The van der Waals surface area contributed by atoms with Gasteiger partial charge in [0.15, 0.2) is 0 Å². The normalized spacial score (nSPS) is 54.0. The Morgan fingerprint density at radius 3 is 2.73 bits per heavy atom. The summed E-state index contributed by atoms with van der Waals surface area (Å²) in [6.45, 7) is 2.38. The zero-order valence-corrected chi connectivity index (χ0v) is 9.34. The molecule has 0 aromatic carbocycles. The third kappa shape index (κ3) is 1.17. The molecule has 4 atom stereocenters. The Balaban J connectivity index is 1.92. The molecule has 3 fully saturated rings. The fourth-order valence-electron chi connectivity index (χ4n) is 4.56. The highest BCUT2D eigenvalue weighted by Gasteiger charge is 2.61. The second-order valence-electron chi connectivity index (χ2n) is 5.90. The molecule has 3 aliphatic rings. The first-order valence-corrected chi connectivity index (χ1v) is 6.33. The molecule has 3 nitrogen and oxygen atoms in total. The molecule has 86 valence electrons. The van der Waals surface area contributed by atoms with Crippen molar-refractivity contribution in [2.45, 2.75) is 37.7 Å². The van der Waals surface area contributed by atoms with Gasteiger partial charge in [0.05, 0.1) is 5.60 Å². The quantitative estimate of drug-likeness (QED) is 0.621. The average Bonchev–Trinajstić information content (AvgIpc) is 2.91. The number of aliphatic hydroxyl groups is 1. The fourth-order valence-corrected chi connectivity index (χ4v) is 4.56. The highest BCUT2D eigenvalue weighted by molar-refractivity contribution is 5.13. The molecule has 4 N–H and O–H groups in total. The summed E-state index contributed by atoms with van der Waals surface area (Å²) in [6.07, 6.45) is 6.05. The Labute approximate surface area is 91.4 Å². The van der Waals surface area contributed by atoms with E-state index in [1.54, 1.807) is 0 Å². The van der Waals surface area contributed by atoms with E-state index in [0.717, 1.165) is 25.4 Å². The maximum Gasteiger partial charge on any atom is 0.0854 e. The van der Waals surface area contributed by atoms with Gasteiger partial charge < -0.3 is 16.2 Å². The summed E-state index contributed by atoms with van der Waals surface area (Å²) in [6, 6.07) is 0. The zero-order valence-electron chi connectivity index (χ0n) is 9.34. The lowest BCUT2D eigenvalue weighted by molar-refractivity contribution is -0.0947. The summed E-state index contributed by atoms with van der Waals surface area (Å²) in [4.78, 5) is 0. The number of β-amino-alcohol motifs (C(OH)–C–C–N with tert-alkyl or cyclic N) is 1. The first-order valence-electron chi connectivity index (χ1n) is 6.33. The van der Waals surface area contributed by atoms with Gasteiger partial charge in [-0.1, -0.05) is 6.42 Å². The van der Waals surface area contributed by atoms with E-state index in [-0.39, 0.29) is 5.41 Å². The Morgan fingerprint density at radius 2 is 2.27 bits per heavy atom. The lowest BCUT2D eigenvalue weighted by Crippen LogP contribution is -2.56. The second-order valence-corrected chi connectivity index (χ2v) is 5.90. The number of rotatable bonds is 2. The minimum Gasteiger partial charge on any atom is -0.388 e. The van der Waals surface area contributed by atoms with Crippen molar-refractivity contribution in [2.75, 3.05) is 19.6 Å². The van der Waals surface area contributed by atoms with Crippen molar-refractivity contribution < 1.29 is 5.11 Å². The van der Waals surface area contributed by atoms with Gasteiger partial charge in [-0.25, -0.2) is 0 Å². The largest absolute Gasteiger partial charge is 0.388 e. The third-order valence-electron chi connectivity index (χ3n) is 5.40. The molecule has 0 aromatic heterocycles. The van der Waals surface area contributed by atoms with Crippen LogP contribution in [0.4, 0.5) is 0 Å². The third-order valence-corrected chi connectivity index (χ3v) is 5.40. The molecule has 2 saturated carbocycles. The molecule has 15 heavy (non-hydrogen) atoms. The van der Waals surface area contributed by atoms with Crippen molar-refractivity contribution in [3.05, 3.63) is 0 Å². The van der Waals surface area contributed by atoms with Crippen molar-refractivity contribution in [1.29, 1.82) is 0 Å². The lowest BCUT2D eigenvalue weighted by Gasteiger charge is -2.47. The Bertz CT molecular complexity index is 262. The molecule has 1 saturated heterocycles. The minimum absolute atomic E-state index is 0.0411. The monoisotopic (exact) mass is 210 g/mol. The van der Waals surface area contributed by atoms with Crippen molar-refractivity contribution in [3.63, 3.8) is 0 Å². The number of fused-ring (bicyclic) bond motifs is 2. The van der Waals surface area contributed by atoms with Crippen molar-refractivity contribution in [1.82, 2.24) is 5.32 Å². The lowest BCUT2D eigenvalue weighted by atomic mass is 9.62. The van der Waals surface area contributed by atoms with Crippen molar-refractivity contribution >= 4 is 0 Å². The topological polar surface area (TPSA) is 58.3 Å². The maximum absolute atomic E-state index is 10.8. The molecule has 3 heteroatoms. The van der Waals surface area contributed by atoms with Gasteiger partial charge in [-0.05, 0) is 44.1 Å². The van der Waals surface area contributed by atoms with E-state index >= 15 is 0 Å². The van der Waals surface area contributed by atoms with Crippen LogP contribution in [0, 0.1) is 17.3 Å². The van der Waals surface area contributed by atoms with Crippen LogP contribution in [0.25, 0.3) is 0 Å². The molecule has 0 radical (unpaired) electrons. The van der Waals surface area contributed by atoms with E-state index in [0.29, 0.717) is 12.5 Å². The molecule has 2 aliphatic carbocycles. The Kier molecular flexibility index (Phi) is 2.14. The standard InChI is InChI=1S/C12H22N2O/c13-7-11(12(15)3-4-14-8-12)6-9-1-2-10(11)5-9/h9-10,14-15H,1-8,13H2. The van der Waals surface area contributed by atoms with Crippen LogP contribution in [0.15, 0.2) is 0 Å². The van der Waals surface area contributed by atoms with Gasteiger partial charge in [0.2, 0.25) is 0 Å². The highest BCUT2D eigenvalue weighted by Crippen LogP contribution is 2.61. The van der Waals surface area contributed by atoms with Crippen LogP contribution < -0.4 is 11.1 Å². The Morgan fingerprint density at radius 1 is 1.40 bits per heavy atom. The van der Waals surface area contributed by atoms with Crippen LogP contribution in [0.5, 0.6) is 0 Å². The molecule has 2 bridgehead atoms. The molecular weight excluding hydrogens is 188 g/mol. The summed E-state index contributed by atoms with van der Waals surface area (Å²) in [5.41, 5.74) is 5.56. The first-order chi connectivity index (χ1) is 7.20. The van der Waals surface area contributed by atoms with Gasteiger partial charge >= 0.3 is 0 Å². The molecule has 0 amide bonds. The van der Waals surface area contributed by atoms with Crippen LogP contribution in [0.3, 0.4) is 0 Å². The summed E-state index contributed by atoms with van der Waals surface area (Å²) in [5, 5.41) is 14.1. The predicted molar refractivity (Wildman–Crippen MR) is 59.4 cm³/mol.